The van der Waals surface area contributed by atoms with Crippen LogP contribution in [0.2, 0.25) is 0 Å². The maximum absolute atomic E-state index is 12.6. The number of carbonyl (C=O) groups is 1. The van der Waals surface area contributed by atoms with E-state index in [4.69, 9.17) is 4.74 Å². The molecule has 1 aliphatic heterocycles. The number of hydrogen-bond donors (Lipinski definition) is 0. The molecule has 2 aromatic carbocycles. The second-order valence-electron chi connectivity index (χ2n) is 6.30. The minimum Gasteiger partial charge on any atom is -0.481 e. The van der Waals surface area contributed by atoms with E-state index in [1.165, 1.54) is 12.1 Å². The molecule has 0 spiro atoms. The molecule has 0 bridgehead atoms. The number of non-ortho nitro benzene ring substituents is 1. The van der Waals surface area contributed by atoms with Gasteiger partial charge >= 0.3 is 0 Å². The van der Waals surface area contributed by atoms with Crippen LogP contribution in [0.1, 0.15) is 6.92 Å². The molecule has 0 aliphatic carbocycles. The standard InChI is InChI=1S/C19H20BrN3O4/c1-14(27-18-8-2-15(20)3-9-18)19(24)22-12-10-21(11-13-22)16-4-6-17(7-5-16)23(25)26/h2-9,14H,10-13H2,1H3/t14-/m0/s1. The quantitative estimate of drug-likeness (QED) is 0.532. The first kappa shape index (κ1) is 19.2. The summed E-state index contributed by atoms with van der Waals surface area (Å²) in [6.45, 7) is 4.28. The number of halogens is 1. The summed E-state index contributed by atoms with van der Waals surface area (Å²) in [6, 6.07) is 13.9. The molecule has 142 valence electrons. The normalized spacial score (nSPS) is 15.3. The summed E-state index contributed by atoms with van der Waals surface area (Å²) in [5.41, 5.74) is 0.998. The van der Waals surface area contributed by atoms with Crippen LogP contribution >= 0.6 is 15.9 Å². The minimum absolute atomic E-state index is 0.0405. The van der Waals surface area contributed by atoms with Gasteiger partial charge in [0, 0.05) is 48.5 Å². The van der Waals surface area contributed by atoms with Gasteiger partial charge < -0.3 is 14.5 Å². The van der Waals surface area contributed by atoms with Crippen molar-refractivity contribution in [2.45, 2.75) is 13.0 Å². The van der Waals surface area contributed by atoms with Crippen molar-refractivity contribution in [1.29, 1.82) is 0 Å². The van der Waals surface area contributed by atoms with Crippen LogP contribution in [0.15, 0.2) is 53.0 Å². The fourth-order valence-electron chi connectivity index (χ4n) is 3.00. The zero-order chi connectivity index (χ0) is 19.4. The summed E-state index contributed by atoms with van der Waals surface area (Å²) in [4.78, 5) is 26.9. The Balaban J connectivity index is 1.54. The van der Waals surface area contributed by atoms with Crippen molar-refractivity contribution in [2.24, 2.45) is 0 Å². The van der Waals surface area contributed by atoms with Crippen LogP contribution in [-0.2, 0) is 4.79 Å². The fourth-order valence-corrected chi connectivity index (χ4v) is 3.26. The molecule has 0 saturated carbocycles. The molecule has 3 rings (SSSR count). The molecule has 1 heterocycles. The van der Waals surface area contributed by atoms with E-state index >= 15 is 0 Å². The van der Waals surface area contributed by atoms with Gasteiger partial charge in [-0.25, -0.2) is 0 Å². The number of anilines is 1. The highest BCUT2D eigenvalue weighted by atomic mass is 79.9. The second kappa shape index (κ2) is 8.39. The Labute approximate surface area is 165 Å². The SMILES string of the molecule is C[C@H](Oc1ccc(Br)cc1)C(=O)N1CCN(c2ccc([N+](=O)[O-])cc2)CC1. The summed E-state index contributed by atoms with van der Waals surface area (Å²) in [5, 5.41) is 10.8. The average Bonchev–Trinajstić information content (AvgIpc) is 2.69. The number of ether oxygens (including phenoxy) is 1. The van der Waals surface area contributed by atoms with Crippen molar-refractivity contribution in [3.8, 4) is 5.75 Å². The summed E-state index contributed by atoms with van der Waals surface area (Å²) in [6.07, 6.45) is -0.558. The topological polar surface area (TPSA) is 75.9 Å². The maximum atomic E-state index is 12.6. The number of carbonyl (C=O) groups excluding carboxylic acids is 1. The zero-order valence-electron chi connectivity index (χ0n) is 14.9. The van der Waals surface area contributed by atoms with Crippen LogP contribution in [0, 0.1) is 10.1 Å². The van der Waals surface area contributed by atoms with E-state index in [2.05, 4.69) is 20.8 Å². The molecule has 8 heteroatoms. The van der Waals surface area contributed by atoms with E-state index in [1.807, 2.05) is 24.3 Å². The lowest BCUT2D eigenvalue weighted by atomic mass is 10.2. The molecule has 1 amide bonds. The number of amides is 1. The number of hydrogen-bond acceptors (Lipinski definition) is 5. The van der Waals surface area contributed by atoms with Crippen molar-refractivity contribution in [3.63, 3.8) is 0 Å². The van der Waals surface area contributed by atoms with Gasteiger partial charge in [0.15, 0.2) is 6.10 Å². The van der Waals surface area contributed by atoms with Crippen LogP contribution in [0.25, 0.3) is 0 Å². The molecular formula is C19H20BrN3O4. The first-order valence-electron chi connectivity index (χ1n) is 8.64. The highest BCUT2D eigenvalue weighted by molar-refractivity contribution is 9.10. The Kier molecular flexibility index (Phi) is 5.95. The van der Waals surface area contributed by atoms with Crippen molar-refractivity contribution < 1.29 is 14.5 Å². The molecule has 1 aliphatic rings. The van der Waals surface area contributed by atoms with Crippen molar-refractivity contribution in [3.05, 3.63) is 63.1 Å². The first-order valence-corrected chi connectivity index (χ1v) is 9.44. The van der Waals surface area contributed by atoms with E-state index in [0.717, 1.165) is 10.2 Å². The van der Waals surface area contributed by atoms with E-state index in [0.29, 0.717) is 31.9 Å². The van der Waals surface area contributed by atoms with Gasteiger partial charge in [-0.2, -0.15) is 0 Å². The van der Waals surface area contributed by atoms with E-state index in [-0.39, 0.29) is 11.6 Å². The Morgan fingerprint density at radius 2 is 1.67 bits per heavy atom. The predicted octanol–water partition coefficient (Wildman–Crippen LogP) is 3.47. The molecule has 2 aromatic rings. The van der Waals surface area contributed by atoms with E-state index in [1.54, 1.807) is 24.0 Å². The molecule has 1 atom stereocenters. The average molecular weight is 434 g/mol. The summed E-state index contributed by atoms with van der Waals surface area (Å²) in [7, 11) is 0. The maximum Gasteiger partial charge on any atom is 0.269 e. The Morgan fingerprint density at radius 3 is 2.22 bits per heavy atom. The Bertz CT molecular complexity index is 803. The van der Waals surface area contributed by atoms with Gasteiger partial charge in [-0.3, -0.25) is 14.9 Å². The molecular weight excluding hydrogens is 414 g/mol. The molecule has 0 unspecified atom stereocenters. The molecule has 27 heavy (non-hydrogen) atoms. The molecule has 0 radical (unpaired) electrons. The molecule has 1 saturated heterocycles. The number of nitrogens with zero attached hydrogens (tertiary/aromatic N) is 3. The molecule has 7 nitrogen and oxygen atoms in total. The van der Waals surface area contributed by atoms with Gasteiger partial charge in [-0.1, -0.05) is 15.9 Å². The summed E-state index contributed by atoms with van der Waals surface area (Å²) in [5.74, 6) is 0.616. The van der Waals surface area contributed by atoms with Crippen molar-refractivity contribution in [2.75, 3.05) is 31.1 Å². The van der Waals surface area contributed by atoms with Gasteiger partial charge in [0.2, 0.25) is 0 Å². The van der Waals surface area contributed by atoms with Crippen LogP contribution in [0.3, 0.4) is 0 Å². The molecule has 1 fully saturated rings. The lowest BCUT2D eigenvalue weighted by molar-refractivity contribution is -0.384. The number of benzene rings is 2. The van der Waals surface area contributed by atoms with Crippen LogP contribution in [0.4, 0.5) is 11.4 Å². The van der Waals surface area contributed by atoms with Gasteiger partial charge in [-0.15, -0.1) is 0 Å². The molecule has 0 N–H and O–H groups in total. The number of rotatable bonds is 5. The zero-order valence-corrected chi connectivity index (χ0v) is 16.5. The number of nitro groups is 1. The Hall–Kier alpha value is -2.61. The van der Waals surface area contributed by atoms with Crippen LogP contribution in [-0.4, -0.2) is 48.0 Å². The number of nitro benzene ring substituents is 1. The van der Waals surface area contributed by atoms with Gasteiger partial charge in [-0.05, 0) is 43.3 Å². The Morgan fingerprint density at radius 1 is 1.07 bits per heavy atom. The third-order valence-electron chi connectivity index (χ3n) is 4.49. The predicted molar refractivity (Wildman–Crippen MR) is 106 cm³/mol. The summed E-state index contributed by atoms with van der Waals surface area (Å²) >= 11 is 3.37. The molecule has 0 aromatic heterocycles. The lowest BCUT2D eigenvalue weighted by Gasteiger charge is -2.37. The van der Waals surface area contributed by atoms with Gasteiger partial charge in [0.1, 0.15) is 5.75 Å². The van der Waals surface area contributed by atoms with Gasteiger partial charge in [0.25, 0.3) is 11.6 Å². The first-order chi connectivity index (χ1) is 12.9. The monoisotopic (exact) mass is 433 g/mol. The van der Waals surface area contributed by atoms with Crippen molar-refractivity contribution in [1.82, 2.24) is 4.90 Å². The van der Waals surface area contributed by atoms with Gasteiger partial charge in [0.05, 0.1) is 4.92 Å². The highest BCUT2D eigenvalue weighted by Gasteiger charge is 2.26. The fraction of sp³-hybridized carbons (Fsp3) is 0.316. The number of piperazine rings is 1. The lowest BCUT2D eigenvalue weighted by Crippen LogP contribution is -2.52. The van der Waals surface area contributed by atoms with Crippen LogP contribution < -0.4 is 9.64 Å². The third-order valence-corrected chi connectivity index (χ3v) is 5.02. The largest absolute Gasteiger partial charge is 0.481 e. The van der Waals surface area contributed by atoms with Crippen LogP contribution in [0.5, 0.6) is 5.75 Å². The van der Waals surface area contributed by atoms with E-state index in [9.17, 15) is 14.9 Å². The highest BCUT2D eigenvalue weighted by Crippen LogP contribution is 2.21. The van der Waals surface area contributed by atoms with Crippen molar-refractivity contribution >= 4 is 33.2 Å². The smallest absolute Gasteiger partial charge is 0.269 e. The summed E-state index contributed by atoms with van der Waals surface area (Å²) < 4.78 is 6.70. The third kappa shape index (κ3) is 4.77. The second-order valence-corrected chi connectivity index (χ2v) is 7.22. The van der Waals surface area contributed by atoms with E-state index < -0.39 is 11.0 Å². The minimum atomic E-state index is -0.558.